The molecule has 1 aliphatic rings. The van der Waals surface area contributed by atoms with Gasteiger partial charge in [-0.2, -0.15) is 0 Å². The van der Waals surface area contributed by atoms with E-state index in [9.17, 15) is 18.8 Å². The quantitative estimate of drug-likeness (QED) is 0.191. The summed E-state index contributed by atoms with van der Waals surface area (Å²) in [7, 11) is 0. The zero-order chi connectivity index (χ0) is 30.1. The van der Waals surface area contributed by atoms with Crippen molar-refractivity contribution in [1.82, 2.24) is 16.0 Å². The van der Waals surface area contributed by atoms with E-state index in [1.807, 2.05) is 18.2 Å². The SMILES string of the molecule is C[C@H](NC(=O)[C@H]1C[C@@H](c2ccccc2)CCN1)C(=O)NCc1ccc(C(=N)CC(=O)OCc2ccc(Cl)c(F)c2)cc1. The summed E-state index contributed by atoms with van der Waals surface area (Å²) in [6, 6.07) is 20.1. The molecule has 220 valence electrons. The van der Waals surface area contributed by atoms with Crippen molar-refractivity contribution in [2.75, 3.05) is 6.54 Å². The number of nitrogens with one attached hydrogen (secondary N) is 4. The summed E-state index contributed by atoms with van der Waals surface area (Å²) in [4.78, 5) is 37.7. The van der Waals surface area contributed by atoms with E-state index in [0.717, 1.165) is 18.5 Å². The minimum absolute atomic E-state index is 0.0132. The third kappa shape index (κ3) is 8.71. The molecule has 1 aliphatic heterocycles. The minimum atomic E-state index is -0.709. The molecule has 0 radical (unpaired) electrons. The lowest BCUT2D eigenvalue weighted by atomic mass is 9.86. The monoisotopic (exact) mass is 592 g/mol. The molecule has 0 aromatic heterocycles. The van der Waals surface area contributed by atoms with Crippen LogP contribution in [-0.2, 0) is 32.3 Å². The van der Waals surface area contributed by atoms with Crippen molar-refractivity contribution in [3.8, 4) is 0 Å². The van der Waals surface area contributed by atoms with Gasteiger partial charge in [0.1, 0.15) is 18.5 Å². The number of hydrogen-bond donors (Lipinski definition) is 4. The molecule has 42 heavy (non-hydrogen) atoms. The molecule has 3 atom stereocenters. The summed E-state index contributed by atoms with van der Waals surface area (Å²) < 4.78 is 18.7. The average Bonchev–Trinajstić information content (AvgIpc) is 3.01. The lowest BCUT2D eigenvalue weighted by Gasteiger charge is -2.30. The van der Waals surface area contributed by atoms with Crippen LogP contribution in [0, 0.1) is 11.2 Å². The van der Waals surface area contributed by atoms with Gasteiger partial charge in [-0.25, -0.2) is 4.39 Å². The van der Waals surface area contributed by atoms with E-state index >= 15 is 0 Å². The molecule has 0 saturated carbocycles. The van der Waals surface area contributed by atoms with Gasteiger partial charge in [0.25, 0.3) is 0 Å². The van der Waals surface area contributed by atoms with Crippen molar-refractivity contribution in [2.24, 2.45) is 0 Å². The number of carbonyl (C=O) groups is 3. The van der Waals surface area contributed by atoms with Gasteiger partial charge in [0.05, 0.1) is 17.5 Å². The molecule has 0 unspecified atom stereocenters. The van der Waals surface area contributed by atoms with Crippen molar-refractivity contribution in [2.45, 2.75) is 57.3 Å². The normalized spacial score (nSPS) is 17.1. The van der Waals surface area contributed by atoms with Gasteiger partial charge in [0.15, 0.2) is 0 Å². The van der Waals surface area contributed by atoms with E-state index in [4.69, 9.17) is 21.7 Å². The van der Waals surface area contributed by atoms with E-state index < -0.39 is 17.8 Å². The van der Waals surface area contributed by atoms with Crippen LogP contribution in [0.2, 0.25) is 5.02 Å². The Kier molecular flexibility index (Phi) is 10.8. The van der Waals surface area contributed by atoms with Crippen LogP contribution in [0.15, 0.2) is 72.8 Å². The predicted molar refractivity (Wildman–Crippen MR) is 159 cm³/mol. The topological polar surface area (TPSA) is 120 Å². The van der Waals surface area contributed by atoms with Gasteiger partial charge in [0.2, 0.25) is 11.8 Å². The lowest BCUT2D eigenvalue weighted by molar-refractivity contribution is -0.143. The highest BCUT2D eigenvalue weighted by Gasteiger charge is 2.29. The molecular weight excluding hydrogens is 559 g/mol. The molecule has 10 heteroatoms. The minimum Gasteiger partial charge on any atom is -0.461 e. The summed E-state index contributed by atoms with van der Waals surface area (Å²) in [5.41, 5.74) is 3.08. The molecule has 4 N–H and O–H groups in total. The predicted octanol–water partition coefficient (Wildman–Crippen LogP) is 4.64. The highest BCUT2D eigenvalue weighted by Crippen LogP contribution is 2.27. The van der Waals surface area contributed by atoms with E-state index in [1.54, 1.807) is 37.3 Å². The van der Waals surface area contributed by atoms with Crippen molar-refractivity contribution in [3.63, 3.8) is 0 Å². The zero-order valence-corrected chi connectivity index (χ0v) is 24.0. The molecule has 0 bridgehead atoms. The van der Waals surface area contributed by atoms with Crippen LogP contribution in [-0.4, -0.2) is 42.1 Å². The standard InChI is InChI=1S/C32H34ClFN4O4/c1-20(38-32(41)29-16-25(13-14-36-29)23-5-3-2-4-6-23)31(40)37-18-21-7-10-24(11-8-21)28(35)17-30(39)42-19-22-9-12-26(33)27(34)15-22/h2-12,15,20,25,29,35-36H,13-14,16-19H2,1H3,(H,37,40)(H,38,41)/t20-,25-,29+/m0/s1. The van der Waals surface area contributed by atoms with Crippen LogP contribution in [0.1, 0.15) is 54.4 Å². The first-order chi connectivity index (χ1) is 20.2. The molecule has 3 aromatic carbocycles. The molecule has 2 amide bonds. The lowest BCUT2D eigenvalue weighted by Crippen LogP contribution is -2.53. The Hall–Kier alpha value is -4.08. The van der Waals surface area contributed by atoms with Crippen LogP contribution in [0.25, 0.3) is 0 Å². The van der Waals surface area contributed by atoms with E-state index in [2.05, 4.69) is 28.1 Å². The van der Waals surface area contributed by atoms with Gasteiger partial charge in [-0.05, 0) is 66.6 Å². The molecule has 1 saturated heterocycles. The first-order valence-corrected chi connectivity index (χ1v) is 14.2. The van der Waals surface area contributed by atoms with Gasteiger partial charge >= 0.3 is 5.97 Å². The number of piperidine rings is 1. The maximum absolute atomic E-state index is 13.5. The van der Waals surface area contributed by atoms with E-state index in [-0.39, 0.29) is 48.2 Å². The highest BCUT2D eigenvalue weighted by molar-refractivity contribution is 6.30. The highest BCUT2D eigenvalue weighted by atomic mass is 35.5. The second kappa shape index (κ2) is 14.7. The zero-order valence-electron chi connectivity index (χ0n) is 23.3. The number of ether oxygens (including phenoxy) is 1. The van der Waals surface area contributed by atoms with E-state index in [0.29, 0.717) is 23.5 Å². The van der Waals surface area contributed by atoms with Crippen LogP contribution in [0.5, 0.6) is 0 Å². The third-order valence-electron chi connectivity index (χ3n) is 7.22. The number of halogens is 2. The largest absolute Gasteiger partial charge is 0.461 e. The number of benzene rings is 3. The number of esters is 1. The Morgan fingerprint density at radius 1 is 1.07 bits per heavy atom. The van der Waals surface area contributed by atoms with Gasteiger partial charge in [-0.15, -0.1) is 0 Å². The molecule has 0 spiro atoms. The maximum atomic E-state index is 13.5. The summed E-state index contributed by atoms with van der Waals surface area (Å²) >= 11 is 5.66. The number of carbonyl (C=O) groups excluding carboxylic acids is 3. The van der Waals surface area contributed by atoms with E-state index in [1.165, 1.54) is 17.7 Å². The molecule has 3 aromatic rings. The van der Waals surface area contributed by atoms with Gasteiger partial charge in [0, 0.05) is 12.3 Å². The fourth-order valence-electron chi connectivity index (χ4n) is 4.78. The fourth-order valence-corrected chi connectivity index (χ4v) is 4.90. The second-order valence-electron chi connectivity index (χ2n) is 10.3. The first kappa shape index (κ1) is 30.9. The Morgan fingerprint density at radius 2 is 1.79 bits per heavy atom. The average molecular weight is 593 g/mol. The van der Waals surface area contributed by atoms with Gasteiger partial charge in [-0.1, -0.05) is 72.3 Å². The second-order valence-corrected chi connectivity index (χ2v) is 10.8. The smallest absolute Gasteiger partial charge is 0.312 e. The van der Waals surface area contributed by atoms with Crippen LogP contribution in [0.3, 0.4) is 0 Å². The molecule has 0 aliphatic carbocycles. The molecule has 1 fully saturated rings. The van der Waals surface area contributed by atoms with Gasteiger partial charge in [-0.3, -0.25) is 14.4 Å². The van der Waals surface area contributed by atoms with Crippen LogP contribution in [0.4, 0.5) is 4.39 Å². The molecular formula is C32H34ClFN4O4. The fraction of sp³-hybridized carbons (Fsp3) is 0.312. The van der Waals surface area contributed by atoms with Crippen molar-refractivity contribution in [3.05, 3.63) is 106 Å². The molecule has 4 rings (SSSR count). The van der Waals surface area contributed by atoms with Crippen molar-refractivity contribution >= 4 is 35.1 Å². The number of amides is 2. The summed E-state index contributed by atoms with van der Waals surface area (Å²) in [5.74, 6) is -1.41. The maximum Gasteiger partial charge on any atom is 0.312 e. The van der Waals surface area contributed by atoms with Crippen LogP contribution < -0.4 is 16.0 Å². The Bertz CT molecular complexity index is 1420. The van der Waals surface area contributed by atoms with Crippen LogP contribution >= 0.6 is 11.6 Å². The Labute approximate surface area is 249 Å². The Morgan fingerprint density at radius 3 is 2.50 bits per heavy atom. The van der Waals surface area contributed by atoms with Gasteiger partial charge < -0.3 is 26.1 Å². The number of rotatable bonds is 11. The van der Waals surface area contributed by atoms with Crippen molar-refractivity contribution < 1.29 is 23.5 Å². The molecule has 1 heterocycles. The third-order valence-corrected chi connectivity index (χ3v) is 7.52. The summed E-state index contributed by atoms with van der Waals surface area (Å²) in [6.07, 6.45) is 1.38. The molecule has 8 nitrogen and oxygen atoms in total. The Balaban J connectivity index is 1.19. The first-order valence-electron chi connectivity index (χ1n) is 13.8. The van der Waals surface area contributed by atoms with Crippen molar-refractivity contribution in [1.29, 1.82) is 5.41 Å². The number of hydrogen-bond acceptors (Lipinski definition) is 6. The summed E-state index contributed by atoms with van der Waals surface area (Å²) in [5, 5.41) is 17.1. The summed E-state index contributed by atoms with van der Waals surface area (Å²) in [6.45, 7) is 2.50.